The molecule has 4 rings (SSSR count). The van der Waals surface area contributed by atoms with Crippen LogP contribution in [0, 0.1) is 5.92 Å². The number of thioether (sulfide) groups is 1. The highest BCUT2D eigenvalue weighted by atomic mass is 32.2. The van der Waals surface area contributed by atoms with E-state index in [0.29, 0.717) is 51.4 Å². The van der Waals surface area contributed by atoms with Gasteiger partial charge in [-0.3, -0.25) is 9.69 Å². The Balaban J connectivity index is 1.59. The number of rotatable bonds is 11. The second-order valence-electron chi connectivity index (χ2n) is 8.94. The molecule has 0 spiro atoms. The molecule has 39 heavy (non-hydrogen) atoms. The molecular formula is C29H31N3O6S. The number of methoxy groups -OCH3 is 3. The molecule has 204 valence electrons. The standard InChI is InChI=1S/C29H31N3O6S/c1-19(2)18-38-24-11-9-21(14-26(24)36-5)16-30-31-29-32(17-22-7-6-12-37-22)28(33)27(39-29)15-20-8-10-23(34-3)25(13-20)35-4/h6-16,19H,17-18H2,1-5H3/b27-15-,30-16+,31-29-. The lowest BCUT2D eigenvalue weighted by molar-refractivity contribution is -0.122. The van der Waals surface area contributed by atoms with Crippen molar-refractivity contribution < 1.29 is 28.2 Å². The highest BCUT2D eigenvalue weighted by molar-refractivity contribution is 8.18. The smallest absolute Gasteiger partial charge is 0.267 e. The van der Waals surface area contributed by atoms with Crippen LogP contribution >= 0.6 is 11.8 Å². The maximum absolute atomic E-state index is 13.4. The molecule has 3 aromatic rings. The zero-order valence-electron chi connectivity index (χ0n) is 22.5. The van der Waals surface area contributed by atoms with E-state index in [4.69, 9.17) is 23.4 Å². The SMILES string of the molecule is COc1ccc(/C=C2\S/C(=N\N=C\c3ccc(OCC(C)C)c(OC)c3)N(Cc3ccco3)C2=O)cc1OC. The van der Waals surface area contributed by atoms with Crippen molar-refractivity contribution in [2.45, 2.75) is 20.4 Å². The molecule has 1 aromatic heterocycles. The van der Waals surface area contributed by atoms with E-state index in [2.05, 4.69) is 24.1 Å². The van der Waals surface area contributed by atoms with Crippen molar-refractivity contribution in [2.75, 3.05) is 27.9 Å². The number of amides is 1. The van der Waals surface area contributed by atoms with Crippen LogP contribution in [0.5, 0.6) is 23.0 Å². The molecule has 2 heterocycles. The topological polar surface area (TPSA) is 95.1 Å². The third-order valence-corrected chi connectivity index (χ3v) is 6.59. The van der Waals surface area contributed by atoms with E-state index < -0.39 is 0 Å². The average molecular weight is 550 g/mol. The second-order valence-corrected chi connectivity index (χ2v) is 9.95. The molecule has 0 bridgehead atoms. The number of amidine groups is 1. The number of benzene rings is 2. The minimum Gasteiger partial charge on any atom is -0.493 e. The van der Waals surface area contributed by atoms with Gasteiger partial charge in [-0.25, -0.2) is 0 Å². The van der Waals surface area contributed by atoms with Gasteiger partial charge >= 0.3 is 0 Å². The number of furan rings is 1. The van der Waals surface area contributed by atoms with E-state index in [1.54, 1.807) is 52.0 Å². The lowest BCUT2D eigenvalue weighted by Gasteiger charge is -2.13. The van der Waals surface area contributed by atoms with Gasteiger partial charge in [-0.05, 0) is 77.3 Å². The number of carbonyl (C=O) groups excluding carboxylic acids is 1. The molecule has 0 atom stereocenters. The van der Waals surface area contributed by atoms with Crippen LogP contribution in [0.15, 0.2) is 74.3 Å². The maximum Gasteiger partial charge on any atom is 0.267 e. The number of carbonyl (C=O) groups is 1. The molecular weight excluding hydrogens is 518 g/mol. The van der Waals surface area contributed by atoms with Gasteiger partial charge in [0.2, 0.25) is 0 Å². The molecule has 9 nitrogen and oxygen atoms in total. The van der Waals surface area contributed by atoms with E-state index in [1.165, 1.54) is 16.7 Å². The quantitative estimate of drug-likeness (QED) is 0.168. The Kier molecular flexibility index (Phi) is 9.32. The third-order valence-electron chi connectivity index (χ3n) is 5.60. The van der Waals surface area contributed by atoms with Crippen molar-refractivity contribution >= 4 is 35.1 Å². The summed E-state index contributed by atoms with van der Waals surface area (Å²) < 4.78 is 27.5. The first kappa shape index (κ1) is 27.8. The van der Waals surface area contributed by atoms with Crippen LogP contribution in [0.25, 0.3) is 6.08 Å². The maximum atomic E-state index is 13.4. The Bertz CT molecular complexity index is 1380. The van der Waals surface area contributed by atoms with Gasteiger partial charge in [0.25, 0.3) is 5.91 Å². The van der Waals surface area contributed by atoms with E-state index in [0.717, 1.165) is 11.1 Å². The summed E-state index contributed by atoms with van der Waals surface area (Å²) in [6.07, 6.45) is 4.96. The van der Waals surface area contributed by atoms with Gasteiger partial charge in [-0.1, -0.05) is 19.9 Å². The van der Waals surface area contributed by atoms with Gasteiger partial charge in [0.05, 0.1) is 51.9 Å². The van der Waals surface area contributed by atoms with Gasteiger partial charge in [0.1, 0.15) is 5.76 Å². The Morgan fingerprint density at radius 1 is 0.949 bits per heavy atom. The molecule has 10 heteroatoms. The lowest BCUT2D eigenvalue weighted by Crippen LogP contribution is -2.28. The average Bonchev–Trinajstić information content (AvgIpc) is 3.56. The minimum absolute atomic E-state index is 0.201. The second kappa shape index (κ2) is 13.1. The predicted molar refractivity (Wildman–Crippen MR) is 153 cm³/mol. The van der Waals surface area contributed by atoms with Gasteiger partial charge < -0.3 is 23.4 Å². The van der Waals surface area contributed by atoms with E-state index in [-0.39, 0.29) is 12.5 Å². The summed E-state index contributed by atoms with van der Waals surface area (Å²) in [4.78, 5) is 15.4. The highest BCUT2D eigenvalue weighted by Gasteiger charge is 2.34. The van der Waals surface area contributed by atoms with E-state index in [1.807, 2.05) is 36.4 Å². The zero-order valence-corrected chi connectivity index (χ0v) is 23.4. The first-order chi connectivity index (χ1) is 18.9. The Labute approximate surface area is 232 Å². The molecule has 0 radical (unpaired) electrons. The zero-order chi connectivity index (χ0) is 27.8. The number of nitrogens with zero attached hydrogens (tertiary/aromatic N) is 3. The molecule has 0 unspecified atom stereocenters. The van der Waals surface area contributed by atoms with Crippen molar-refractivity contribution in [1.82, 2.24) is 4.90 Å². The fourth-order valence-corrected chi connectivity index (χ4v) is 4.59. The number of ether oxygens (including phenoxy) is 4. The normalized spacial score (nSPS) is 15.6. The fraction of sp³-hybridized carbons (Fsp3) is 0.276. The Hall–Kier alpha value is -4.18. The molecule has 1 amide bonds. The predicted octanol–water partition coefficient (Wildman–Crippen LogP) is 5.85. The first-order valence-corrected chi connectivity index (χ1v) is 13.1. The number of hydrogen-bond acceptors (Lipinski definition) is 9. The van der Waals surface area contributed by atoms with Crippen molar-refractivity contribution in [2.24, 2.45) is 16.1 Å². The summed E-state index contributed by atoms with van der Waals surface area (Å²) in [5.41, 5.74) is 1.57. The third kappa shape index (κ3) is 7.02. The Morgan fingerprint density at radius 3 is 2.33 bits per heavy atom. The summed E-state index contributed by atoms with van der Waals surface area (Å²) in [6, 6.07) is 14.6. The van der Waals surface area contributed by atoms with Crippen LogP contribution in [0.1, 0.15) is 30.7 Å². The molecule has 2 aromatic carbocycles. The summed E-state index contributed by atoms with van der Waals surface area (Å²) in [7, 11) is 4.74. The van der Waals surface area contributed by atoms with Crippen molar-refractivity contribution in [3.05, 3.63) is 76.6 Å². The van der Waals surface area contributed by atoms with Crippen LogP contribution in [-0.2, 0) is 11.3 Å². The lowest BCUT2D eigenvalue weighted by atomic mass is 10.2. The molecule has 1 aliphatic heterocycles. The van der Waals surface area contributed by atoms with Crippen LogP contribution in [0.4, 0.5) is 0 Å². The molecule has 1 saturated heterocycles. The van der Waals surface area contributed by atoms with Crippen LogP contribution < -0.4 is 18.9 Å². The van der Waals surface area contributed by atoms with Crippen LogP contribution in [-0.4, -0.2) is 50.1 Å². The summed E-state index contributed by atoms with van der Waals surface area (Å²) in [6.45, 7) is 4.99. The molecule has 1 fully saturated rings. The molecule has 0 N–H and O–H groups in total. The van der Waals surface area contributed by atoms with Crippen LogP contribution in [0.2, 0.25) is 0 Å². The molecule has 0 saturated carbocycles. The first-order valence-electron chi connectivity index (χ1n) is 12.3. The van der Waals surface area contributed by atoms with Gasteiger partial charge in [-0.15, -0.1) is 5.10 Å². The van der Waals surface area contributed by atoms with E-state index >= 15 is 0 Å². The van der Waals surface area contributed by atoms with Gasteiger partial charge in [0.15, 0.2) is 28.2 Å². The van der Waals surface area contributed by atoms with Crippen LogP contribution in [0.3, 0.4) is 0 Å². The summed E-state index contributed by atoms with van der Waals surface area (Å²) in [5.74, 6) is 3.29. The molecule has 0 aliphatic carbocycles. The van der Waals surface area contributed by atoms with Crippen molar-refractivity contribution in [3.63, 3.8) is 0 Å². The van der Waals surface area contributed by atoms with Crippen molar-refractivity contribution in [3.8, 4) is 23.0 Å². The largest absolute Gasteiger partial charge is 0.493 e. The Morgan fingerprint density at radius 2 is 1.64 bits per heavy atom. The number of hydrogen-bond donors (Lipinski definition) is 0. The fourth-order valence-electron chi connectivity index (χ4n) is 3.66. The monoisotopic (exact) mass is 549 g/mol. The highest BCUT2D eigenvalue weighted by Crippen LogP contribution is 2.36. The summed E-state index contributed by atoms with van der Waals surface area (Å²) in [5, 5.41) is 9.08. The van der Waals surface area contributed by atoms with E-state index in [9.17, 15) is 4.79 Å². The van der Waals surface area contributed by atoms with Gasteiger partial charge in [-0.2, -0.15) is 5.10 Å². The minimum atomic E-state index is -0.201. The van der Waals surface area contributed by atoms with Gasteiger partial charge in [0, 0.05) is 0 Å². The van der Waals surface area contributed by atoms with Crippen molar-refractivity contribution in [1.29, 1.82) is 0 Å². The molecule has 1 aliphatic rings. The summed E-state index contributed by atoms with van der Waals surface area (Å²) >= 11 is 1.24.